The monoisotopic (exact) mass is 250 g/mol. The minimum absolute atomic E-state index is 0.0761. The number of likely N-dealkylation sites (N-methyl/N-ethyl adjacent to an activating group) is 1. The van der Waals surface area contributed by atoms with Gasteiger partial charge in [0.2, 0.25) is 0 Å². The van der Waals surface area contributed by atoms with Crippen LogP contribution < -0.4 is 10.5 Å². The van der Waals surface area contributed by atoms with Gasteiger partial charge in [0.15, 0.2) is 0 Å². The molecule has 2 N–H and O–H groups in total. The molecule has 0 heterocycles. The number of benzene rings is 1. The lowest BCUT2D eigenvalue weighted by Crippen LogP contribution is -2.32. The number of rotatable bonds is 8. The molecule has 3 nitrogen and oxygen atoms in total. The Kier molecular flexibility index (Phi) is 6.76. The summed E-state index contributed by atoms with van der Waals surface area (Å²) in [6, 6.07) is 8.20. The summed E-state index contributed by atoms with van der Waals surface area (Å²) in [7, 11) is 0. The number of nitrogens with two attached hydrogens (primary N) is 1. The molecule has 0 aromatic heterocycles. The SMILES string of the molecule is CCCN(CC)CC(N)c1ccc(OCC)cc1. The van der Waals surface area contributed by atoms with E-state index >= 15 is 0 Å². The summed E-state index contributed by atoms with van der Waals surface area (Å²) in [4.78, 5) is 2.39. The maximum atomic E-state index is 6.24. The van der Waals surface area contributed by atoms with Crippen molar-refractivity contribution in [3.05, 3.63) is 29.8 Å². The Balaban J connectivity index is 2.57. The number of nitrogens with zero attached hydrogens (tertiary/aromatic N) is 1. The average Bonchev–Trinajstić information content (AvgIpc) is 2.39. The van der Waals surface area contributed by atoms with E-state index in [1.165, 1.54) is 12.0 Å². The first-order chi connectivity index (χ1) is 8.71. The van der Waals surface area contributed by atoms with E-state index in [0.717, 1.165) is 25.4 Å². The van der Waals surface area contributed by atoms with Crippen LogP contribution in [0.25, 0.3) is 0 Å². The van der Waals surface area contributed by atoms with Crippen LogP contribution in [-0.2, 0) is 0 Å². The fourth-order valence-electron chi connectivity index (χ4n) is 2.06. The van der Waals surface area contributed by atoms with Gasteiger partial charge in [0.25, 0.3) is 0 Å². The molecule has 3 heteroatoms. The van der Waals surface area contributed by atoms with E-state index in [-0.39, 0.29) is 6.04 Å². The van der Waals surface area contributed by atoms with Gasteiger partial charge in [-0.3, -0.25) is 0 Å². The van der Waals surface area contributed by atoms with Crippen molar-refractivity contribution in [3.63, 3.8) is 0 Å². The number of hydrogen-bond donors (Lipinski definition) is 1. The third-order valence-corrected chi connectivity index (χ3v) is 3.06. The molecular weight excluding hydrogens is 224 g/mol. The Hall–Kier alpha value is -1.06. The lowest BCUT2D eigenvalue weighted by atomic mass is 10.1. The first kappa shape index (κ1) is 15.0. The predicted octanol–water partition coefficient (Wildman–Crippen LogP) is 2.82. The molecule has 102 valence electrons. The zero-order chi connectivity index (χ0) is 13.4. The third-order valence-electron chi connectivity index (χ3n) is 3.06. The van der Waals surface area contributed by atoms with Gasteiger partial charge in [-0.1, -0.05) is 26.0 Å². The lowest BCUT2D eigenvalue weighted by molar-refractivity contribution is 0.271. The molecule has 1 rings (SSSR count). The highest BCUT2D eigenvalue weighted by Gasteiger charge is 2.10. The molecule has 0 aliphatic carbocycles. The van der Waals surface area contributed by atoms with Crippen LogP contribution >= 0.6 is 0 Å². The molecule has 0 aliphatic heterocycles. The Morgan fingerprint density at radius 2 is 1.83 bits per heavy atom. The highest BCUT2D eigenvalue weighted by Crippen LogP contribution is 2.17. The fourth-order valence-corrected chi connectivity index (χ4v) is 2.06. The predicted molar refractivity (Wildman–Crippen MR) is 76.9 cm³/mol. The van der Waals surface area contributed by atoms with Crippen molar-refractivity contribution >= 4 is 0 Å². The van der Waals surface area contributed by atoms with E-state index in [1.807, 2.05) is 19.1 Å². The van der Waals surface area contributed by atoms with Crippen molar-refractivity contribution < 1.29 is 4.74 Å². The van der Waals surface area contributed by atoms with Crippen LogP contribution in [0.1, 0.15) is 38.8 Å². The van der Waals surface area contributed by atoms with Gasteiger partial charge in [-0.25, -0.2) is 0 Å². The maximum absolute atomic E-state index is 6.24. The zero-order valence-corrected chi connectivity index (χ0v) is 11.9. The van der Waals surface area contributed by atoms with Gasteiger partial charge < -0.3 is 15.4 Å². The van der Waals surface area contributed by atoms with Crippen LogP contribution in [0.15, 0.2) is 24.3 Å². The molecule has 0 saturated heterocycles. The molecule has 1 aromatic carbocycles. The summed E-state index contributed by atoms with van der Waals surface area (Å²) < 4.78 is 5.43. The summed E-state index contributed by atoms with van der Waals surface area (Å²) in [6.45, 7) is 10.2. The van der Waals surface area contributed by atoms with Crippen molar-refractivity contribution in [1.29, 1.82) is 0 Å². The van der Waals surface area contributed by atoms with Gasteiger partial charge in [0.05, 0.1) is 6.61 Å². The van der Waals surface area contributed by atoms with Crippen molar-refractivity contribution in [2.24, 2.45) is 5.73 Å². The second kappa shape index (κ2) is 8.11. The van der Waals surface area contributed by atoms with Crippen LogP contribution in [0, 0.1) is 0 Å². The van der Waals surface area contributed by atoms with Gasteiger partial charge in [0.1, 0.15) is 5.75 Å². The molecule has 0 fully saturated rings. The molecule has 18 heavy (non-hydrogen) atoms. The molecule has 1 unspecified atom stereocenters. The minimum Gasteiger partial charge on any atom is -0.494 e. The maximum Gasteiger partial charge on any atom is 0.119 e. The Bertz CT molecular complexity index is 324. The lowest BCUT2D eigenvalue weighted by Gasteiger charge is -2.24. The molecule has 0 aliphatic rings. The van der Waals surface area contributed by atoms with E-state index in [4.69, 9.17) is 10.5 Å². The molecule has 0 saturated carbocycles. The molecule has 0 amide bonds. The topological polar surface area (TPSA) is 38.5 Å². The number of ether oxygens (including phenoxy) is 1. The smallest absolute Gasteiger partial charge is 0.119 e. The van der Waals surface area contributed by atoms with Crippen LogP contribution in [0.4, 0.5) is 0 Å². The van der Waals surface area contributed by atoms with Gasteiger partial charge >= 0.3 is 0 Å². The largest absolute Gasteiger partial charge is 0.494 e. The molecule has 1 aromatic rings. The minimum atomic E-state index is 0.0761. The average molecular weight is 250 g/mol. The molecule has 0 radical (unpaired) electrons. The summed E-state index contributed by atoms with van der Waals surface area (Å²) in [5.41, 5.74) is 7.42. The van der Waals surface area contributed by atoms with Gasteiger partial charge in [-0.15, -0.1) is 0 Å². The highest BCUT2D eigenvalue weighted by molar-refractivity contribution is 5.29. The number of hydrogen-bond acceptors (Lipinski definition) is 3. The normalized spacial score (nSPS) is 12.7. The molecule has 1 atom stereocenters. The second-order valence-corrected chi connectivity index (χ2v) is 4.50. The third kappa shape index (κ3) is 4.67. The van der Waals surface area contributed by atoms with E-state index in [9.17, 15) is 0 Å². The van der Waals surface area contributed by atoms with E-state index in [1.54, 1.807) is 0 Å². The molecular formula is C15H26N2O. The van der Waals surface area contributed by atoms with Gasteiger partial charge in [-0.05, 0) is 44.1 Å². The van der Waals surface area contributed by atoms with Gasteiger partial charge in [0, 0.05) is 12.6 Å². The van der Waals surface area contributed by atoms with Crippen LogP contribution in [0.5, 0.6) is 5.75 Å². The van der Waals surface area contributed by atoms with Crippen LogP contribution in [0.3, 0.4) is 0 Å². The van der Waals surface area contributed by atoms with Crippen LogP contribution in [-0.4, -0.2) is 31.1 Å². The van der Waals surface area contributed by atoms with Gasteiger partial charge in [-0.2, -0.15) is 0 Å². The quantitative estimate of drug-likeness (QED) is 0.771. The van der Waals surface area contributed by atoms with E-state index < -0.39 is 0 Å². The summed E-state index contributed by atoms with van der Waals surface area (Å²) in [6.07, 6.45) is 1.17. The van der Waals surface area contributed by atoms with Crippen molar-refractivity contribution in [2.75, 3.05) is 26.2 Å². The Morgan fingerprint density at radius 1 is 1.17 bits per heavy atom. The van der Waals surface area contributed by atoms with Crippen LogP contribution in [0.2, 0.25) is 0 Å². The van der Waals surface area contributed by atoms with E-state index in [0.29, 0.717) is 6.61 Å². The van der Waals surface area contributed by atoms with E-state index in [2.05, 4.69) is 30.9 Å². The molecule has 0 spiro atoms. The standard InChI is InChI=1S/C15H26N2O/c1-4-11-17(5-2)12-15(16)13-7-9-14(10-8-13)18-6-3/h7-10,15H,4-6,11-12,16H2,1-3H3. The fraction of sp³-hybridized carbons (Fsp3) is 0.600. The summed E-state index contributed by atoms with van der Waals surface area (Å²) in [5.74, 6) is 0.911. The first-order valence-corrected chi connectivity index (χ1v) is 6.91. The second-order valence-electron chi connectivity index (χ2n) is 4.50. The zero-order valence-electron chi connectivity index (χ0n) is 11.9. The first-order valence-electron chi connectivity index (χ1n) is 6.91. The molecule has 0 bridgehead atoms. The van der Waals surface area contributed by atoms with Crippen molar-refractivity contribution in [2.45, 2.75) is 33.2 Å². The van der Waals surface area contributed by atoms with Crippen molar-refractivity contribution in [1.82, 2.24) is 4.90 Å². The Morgan fingerprint density at radius 3 is 2.33 bits per heavy atom. The van der Waals surface area contributed by atoms with Crippen molar-refractivity contribution in [3.8, 4) is 5.75 Å². The summed E-state index contributed by atoms with van der Waals surface area (Å²) in [5, 5.41) is 0. The summed E-state index contributed by atoms with van der Waals surface area (Å²) >= 11 is 0. The highest BCUT2D eigenvalue weighted by atomic mass is 16.5. The Labute approximate surface area is 111 Å².